The number of carbonyl (C=O) groups excluding carboxylic acids is 3. The summed E-state index contributed by atoms with van der Waals surface area (Å²) in [5.74, 6) is -5.36. The maximum absolute atomic E-state index is 15.2. The highest BCUT2D eigenvalue weighted by molar-refractivity contribution is 6.53. The number of hydrogen-bond acceptors (Lipinski definition) is 4. The molecule has 1 fully saturated rings. The van der Waals surface area contributed by atoms with Gasteiger partial charge in [0, 0.05) is 11.6 Å². The van der Waals surface area contributed by atoms with Crippen molar-refractivity contribution in [2.75, 3.05) is 16.0 Å². The van der Waals surface area contributed by atoms with E-state index in [9.17, 15) is 18.8 Å². The number of carbonyl (C=O) groups is 3. The van der Waals surface area contributed by atoms with Gasteiger partial charge in [0.05, 0.1) is 32.2 Å². The average Bonchev–Trinajstić information content (AvgIpc) is 3.47. The third kappa shape index (κ3) is 7.29. The molecule has 228 valence electrons. The summed E-state index contributed by atoms with van der Waals surface area (Å²) >= 11 is 31.3. The number of anilines is 3. The fraction of sp³-hybridized carbons (Fsp3) is 0.276. The molecule has 14 heteroatoms. The van der Waals surface area contributed by atoms with Crippen LogP contribution in [0.1, 0.15) is 48.2 Å². The second-order valence-corrected chi connectivity index (χ2v) is 13.4. The van der Waals surface area contributed by atoms with Gasteiger partial charge in [-0.05, 0) is 75.2 Å². The monoisotopic (exact) mass is 691 g/mol. The predicted octanol–water partition coefficient (Wildman–Crippen LogP) is 9.36. The molecule has 4 rings (SSSR count). The van der Waals surface area contributed by atoms with E-state index in [0.29, 0.717) is 16.1 Å². The van der Waals surface area contributed by atoms with Crippen LogP contribution in [0.3, 0.4) is 0 Å². The number of amides is 3. The lowest BCUT2D eigenvalue weighted by Gasteiger charge is -2.20. The zero-order valence-electron chi connectivity index (χ0n) is 23.0. The van der Waals surface area contributed by atoms with Crippen LogP contribution in [0.2, 0.25) is 15.1 Å². The molecule has 1 aliphatic rings. The summed E-state index contributed by atoms with van der Waals surface area (Å²) in [6.45, 7) is 6.41. The normalized spacial score (nSPS) is 17.2. The molecule has 3 aromatic carbocycles. The zero-order chi connectivity index (χ0) is 32.0. The Balaban J connectivity index is 1.54. The van der Waals surface area contributed by atoms with Crippen molar-refractivity contribution in [3.05, 3.63) is 85.9 Å². The molecular weight excluding hydrogens is 670 g/mol. The maximum atomic E-state index is 15.2. The lowest BCUT2D eigenvalue weighted by atomic mass is 10.1. The number of hydrogen-bond donors (Lipinski definition) is 3. The summed E-state index contributed by atoms with van der Waals surface area (Å²) in [7, 11) is 0. The minimum atomic E-state index is -1.43. The van der Waals surface area contributed by atoms with Gasteiger partial charge in [-0.15, -0.1) is 23.2 Å². The topological polar surface area (TPSA) is 96.5 Å². The number of ether oxygens (including phenoxy) is 1. The summed E-state index contributed by atoms with van der Waals surface area (Å²) in [6, 6.07) is 9.39. The summed E-state index contributed by atoms with van der Waals surface area (Å²) in [5.41, 5.74) is -1.18. The number of rotatable bonds is 6. The van der Waals surface area contributed by atoms with Gasteiger partial charge in [0.25, 0.3) is 5.91 Å². The Kier molecular flexibility index (Phi) is 9.45. The Hall–Kier alpha value is -2.82. The molecule has 0 radical (unpaired) electrons. The van der Waals surface area contributed by atoms with Gasteiger partial charge < -0.3 is 15.4 Å². The van der Waals surface area contributed by atoms with Crippen molar-refractivity contribution in [2.24, 2.45) is 5.92 Å². The average molecular weight is 694 g/mol. The Labute approximate surface area is 271 Å². The summed E-state index contributed by atoms with van der Waals surface area (Å²) < 4.78 is 33.4. The fourth-order valence-corrected chi connectivity index (χ4v) is 5.69. The highest BCUT2D eigenvalue weighted by Gasteiger charge is 2.67. The third-order valence-electron chi connectivity index (χ3n) is 6.37. The van der Waals surface area contributed by atoms with Gasteiger partial charge in [0.2, 0.25) is 5.91 Å². The van der Waals surface area contributed by atoms with Crippen LogP contribution in [0, 0.1) is 24.5 Å². The van der Waals surface area contributed by atoms with Crippen LogP contribution >= 0.6 is 58.0 Å². The van der Waals surface area contributed by atoms with Gasteiger partial charge >= 0.3 is 6.09 Å². The second-order valence-electron chi connectivity index (χ2n) is 10.8. The van der Waals surface area contributed by atoms with Gasteiger partial charge in [-0.3, -0.25) is 14.9 Å². The van der Waals surface area contributed by atoms with Crippen molar-refractivity contribution < 1.29 is 27.9 Å². The molecule has 2 atom stereocenters. The Morgan fingerprint density at radius 1 is 0.907 bits per heavy atom. The molecule has 0 saturated heterocycles. The number of alkyl halides is 2. The SMILES string of the molecule is Cc1cc(NC(=O)C2[C@H](c3ccc(Cl)c(Cl)c3)C2(Cl)Cl)cc(C(=O)Nc2c(F)ccc(NC(=O)OC(C)(C)C)c2F)c1Cl. The molecule has 0 aromatic heterocycles. The Morgan fingerprint density at radius 3 is 2.21 bits per heavy atom. The van der Waals surface area contributed by atoms with E-state index in [4.69, 9.17) is 62.7 Å². The van der Waals surface area contributed by atoms with E-state index in [-0.39, 0.29) is 21.3 Å². The van der Waals surface area contributed by atoms with Gasteiger partial charge in [-0.1, -0.05) is 40.9 Å². The van der Waals surface area contributed by atoms with E-state index in [0.717, 1.165) is 12.1 Å². The zero-order valence-corrected chi connectivity index (χ0v) is 26.8. The van der Waals surface area contributed by atoms with Crippen LogP contribution in [0.5, 0.6) is 0 Å². The highest BCUT2D eigenvalue weighted by Crippen LogP contribution is 2.65. The van der Waals surface area contributed by atoms with Gasteiger partial charge in [-0.2, -0.15) is 0 Å². The van der Waals surface area contributed by atoms with E-state index in [1.807, 2.05) is 0 Å². The fourth-order valence-electron chi connectivity index (χ4n) is 4.36. The van der Waals surface area contributed by atoms with Crippen LogP contribution in [0.4, 0.5) is 30.6 Å². The molecule has 0 heterocycles. The minimum absolute atomic E-state index is 0.0245. The minimum Gasteiger partial charge on any atom is -0.444 e. The molecule has 3 N–H and O–H groups in total. The number of benzene rings is 3. The largest absolute Gasteiger partial charge is 0.444 e. The van der Waals surface area contributed by atoms with Crippen LogP contribution < -0.4 is 16.0 Å². The molecular formula is C29H24Cl5F2N3O4. The quantitative estimate of drug-likeness (QED) is 0.224. The van der Waals surface area contributed by atoms with Crippen molar-refractivity contribution in [3.63, 3.8) is 0 Å². The van der Waals surface area contributed by atoms with Crippen LogP contribution in [-0.4, -0.2) is 27.8 Å². The molecule has 43 heavy (non-hydrogen) atoms. The van der Waals surface area contributed by atoms with E-state index >= 15 is 4.39 Å². The van der Waals surface area contributed by atoms with Gasteiger partial charge in [0.15, 0.2) is 5.82 Å². The molecule has 1 saturated carbocycles. The lowest BCUT2D eigenvalue weighted by Crippen LogP contribution is -2.27. The summed E-state index contributed by atoms with van der Waals surface area (Å²) in [4.78, 5) is 38.4. The van der Waals surface area contributed by atoms with Crippen LogP contribution in [-0.2, 0) is 9.53 Å². The predicted molar refractivity (Wildman–Crippen MR) is 166 cm³/mol. The molecule has 1 aliphatic carbocycles. The van der Waals surface area contributed by atoms with E-state index < -0.39 is 62.7 Å². The molecule has 7 nitrogen and oxygen atoms in total. The standard InChI is InChI=1S/C29H24Cl5F2N3O4/c1-12-9-14(37-26(41)21-20(29(21,33)34)13-5-6-16(30)17(31)10-13)11-15(22(12)32)25(40)39-24-18(35)7-8-19(23(24)36)38-27(42)43-28(2,3)4/h5-11,20-21H,1-4H3,(H,37,41)(H,38,42)(H,39,40)/t20-,21?/m0/s1. The molecule has 0 spiro atoms. The molecule has 3 aromatic rings. The van der Waals surface area contributed by atoms with Crippen molar-refractivity contribution in [2.45, 2.75) is 43.5 Å². The maximum Gasteiger partial charge on any atom is 0.412 e. The number of aryl methyl sites for hydroxylation is 1. The molecule has 3 amide bonds. The summed E-state index contributed by atoms with van der Waals surface area (Å²) in [5, 5.41) is 7.58. The van der Waals surface area contributed by atoms with Gasteiger partial charge in [-0.25, -0.2) is 13.6 Å². The van der Waals surface area contributed by atoms with Gasteiger partial charge in [0.1, 0.15) is 21.4 Å². The first-order chi connectivity index (χ1) is 19.9. The first kappa shape index (κ1) is 33.1. The van der Waals surface area contributed by atoms with Crippen molar-refractivity contribution >= 4 is 93.0 Å². The molecule has 0 aliphatic heterocycles. The van der Waals surface area contributed by atoms with Crippen molar-refractivity contribution in [1.29, 1.82) is 0 Å². The van der Waals surface area contributed by atoms with Crippen molar-refractivity contribution in [1.82, 2.24) is 0 Å². The Morgan fingerprint density at radius 2 is 1.58 bits per heavy atom. The van der Waals surface area contributed by atoms with Crippen LogP contribution in [0.15, 0.2) is 42.5 Å². The van der Waals surface area contributed by atoms with E-state index in [1.54, 1.807) is 45.9 Å². The molecule has 1 unspecified atom stereocenters. The van der Waals surface area contributed by atoms with E-state index in [2.05, 4.69) is 16.0 Å². The van der Waals surface area contributed by atoms with Crippen LogP contribution in [0.25, 0.3) is 0 Å². The lowest BCUT2D eigenvalue weighted by molar-refractivity contribution is -0.117. The smallest absolute Gasteiger partial charge is 0.412 e. The number of halogens is 7. The van der Waals surface area contributed by atoms with Crippen molar-refractivity contribution in [3.8, 4) is 0 Å². The van der Waals surface area contributed by atoms with E-state index in [1.165, 1.54) is 12.1 Å². The summed E-state index contributed by atoms with van der Waals surface area (Å²) in [6.07, 6.45) is -0.979. The first-order valence-electron chi connectivity index (χ1n) is 12.6. The first-order valence-corrected chi connectivity index (χ1v) is 14.5. The number of nitrogens with one attached hydrogen (secondary N) is 3. The third-order valence-corrected chi connectivity index (χ3v) is 8.55. The second kappa shape index (κ2) is 12.3. The molecule has 0 bridgehead atoms. The highest BCUT2D eigenvalue weighted by atomic mass is 35.5. The Bertz CT molecular complexity index is 1650.